The van der Waals surface area contributed by atoms with Crippen LogP contribution in [-0.4, -0.2) is 25.6 Å². The van der Waals surface area contributed by atoms with Gasteiger partial charge in [-0.3, -0.25) is 0 Å². The summed E-state index contributed by atoms with van der Waals surface area (Å²) >= 11 is 0. The van der Waals surface area contributed by atoms with Crippen LogP contribution < -0.4 is 5.32 Å². The lowest BCUT2D eigenvalue weighted by atomic mass is 10.2. The average molecular weight is 286 g/mol. The number of imidazole rings is 1. The van der Waals surface area contributed by atoms with Gasteiger partial charge in [-0.1, -0.05) is 0 Å². The minimum Gasteiger partial charge on any atom is -0.478 e. The molecule has 7 heteroatoms. The second-order valence-corrected chi connectivity index (χ2v) is 4.51. The zero-order valence-corrected chi connectivity index (χ0v) is 11.0. The topological polar surface area (TPSA) is 80.0 Å². The van der Waals surface area contributed by atoms with Gasteiger partial charge >= 0.3 is 5.97 Å². The number of pyridine rings is 1. The van der Waals surface area contributed by atoms with Crippen LogP contribution in [0.25, 0.3) is 11.0 Å². The van der Waals surface area contributed by atoms with Crippen LogP contribution in [0.15, 0.2) is 36.8 Å². The number of nitrogens with zero attached hydrogens (tertiary/aromatic N) is 3. The summed E-state index contributed by atoms with van der Waals surface area (Å²) in [4.78, 5) is 19.2. The van der Waals surface area contributed by atoms with Crippen molar-refractivity contribution >= 4 is 28.5 Å². The number of carbonyl (C=O) groups is 1. The molecule has 0 radical (unpaired) electrons. The molecule has 0 unspecified atom stereocenters. The third kappa shape index (κ3) is 2.29. The van der Waals surface area contributed by atoms with Crippen molar-refractivity contribution in [2.24, 2.45) is 7.05 Å². The van der Waals surface area contributed by atoms with Crippen LogP contribution in [0.1, 0.15) is 10.4 Å². The number of anilines is 2. The third-order valence-electron chi connectivity index (χ3n) is 3.11. The van der Waals surface area contributed by atoms with Gasteiger partial charge in [0.25, 0.3) is 0 Å². The maximum atomic E-state index is 13.7. The number of aromatic nitrogens is 3. The summed E-state index contributed by atoms with van der Waals surface area (Å²) < 4.78 is 15.5. The molecule has 0 amide bonds. The van der Waals surface area contributed by atoms with E-state index in [-0.39, 0.29) is 5.56 Å². The molecular weight excluding hydrogens is 275 g/mol. The number of aryl methyl sites for hydroxylation is 1. The Labute approximate surface area is 118 Å². The second-order valence-electron chi connectivity index (χ2n) is 4.51. The van der Waals surface area contributed by atoms with E-state index in [1.165, 1.54) is 12.1 Å². The Morgan fingerprint density at radius 3 is 2.86 bits per heavy atom. The highest BCUT2D eigenvalue weighted by molar-refractivity contribution is 5.90. The fourth-order valence-electron chi connectivity index (χ4n) is 2.06. The Morgan fingerprint density at radius 2 is 2.14 bits per heavy atom. The Hall–Kier alpha value is -2.96. The summed E-state index contributed by atoms with van der Waals surface area (Å²) in [7, 11) is 1.86. The number of carboxylic acids is 1. The smallest absolute Gasteiger partial charge is 0.338 e. The summed E-state index contributed by atoms with van der Waals surface area (Å²) in [5.74, 6) is -1.62. The zero-order chi connectivity index (χ0) is 15.0. The van der Waals surface area contributed by atoms with Crippen molar-refractivity contribution in [1.29, 1.82) is 0 Å². The highest BCUT2D eigenvalue weighted by Gasteiger charge is 2.12. The lowest BCUT2D eigenvalue weighted by Gasteiger charge is -2.07. The van der Waals surface area contributed by atoms with Gasteiger partial charge in [-0.2, -0.15) is 0 Å². The van der Waals surface area contributed by atoms with Crippen LogP contribution in [0.5, 0.6) is 0 Å². The van der Waals surface area contributed by atoms with Crippen LogP contribution in [0.2, 0.25) is 0 Å². The molecule has 0 saturated heterocycles. The van der Waals surface area contributed by atoms with Gasteiger partial charge in [0.2, 0.25) is 0 Å². The molecule has 2 N–H and O–H groups in total. The molecule has 106 valence electrons. The first kappa shape index (κ1) is 13.0. The molecule has 21 heavy (non-hydrogen) atoms. The number of nitrogens with one attached hydrogen (secondary N) is 1. The Kier molecular flexibility index (Phi) is 3.02. The number of carboxylic acid groups (broad SMARTS) is 1. The number of hydrogen-bond acceptors (Lipinski definition) is 4. The van der Waals surface area contributed by atoms with E-state index in [1.807, 2.05) is 17.7 Å². The highest BCUT2D eigenvalue weighted by atomic mass is 19.1. The fraction of sp³-hybridized carbons (Fsp3) is 0.0714. The van der Waals surface area contributed by atoms with E-state index in [1.54, 1.807) is 12.5 Å². The lowest BCUT2D eigenvalue weighted by molar-refractivity contribution is 0.0692. The first-order valence-corrected chi connectivity index (χ1v) is 6.12. The Morgan fingerprint density at radius 1 is 1.33 bits per heavy atom. The summed E-state index contributed by atoms with van der Waals surface area (Å²) in [5, 5.41) is 11.8. The molecule has 0 saturated carbocycles. The molecular formula is C14H11FN4O2. The van der Waals surface area contributed by atoms with E-state index in [0.29, 0.717) is 17.0 Å². The van der Waals surface area contributed by atoms with Gasteiger partial charge in [0.15, 0.2) is 5.82 Å². The normalized spacial score (nSPS) is 10.8. The van der Waals surface area contributed by atoms with Gasteiger partial charge in [-0.25, -0.2) is 19.2 Å². The first-order chi connectivity index (χ1) is 10.1. The number of hydrogen-bond donors (Lipinski definition) is 2. The minimum atomic E-state index is -1.30. The van der Waals surface area contributed by atoms with E-state index in [4.69, 9.17) is 5.11 Å². The molecule has 0 bridgehead atoms. The molecule has 0 spiro atoms. The number of benzene rings is 1. The Bertz CT molecular complexity index is 844. The van der Waals surface area contributed by atoms with Crippen molar-refractivity contribution < 1.29 is 14.3 Å². The van der Waals surface area contributed by atoms with E-state index >= 15 is 0 Å². The van der Waals surface area contributed by atoms with E-state index < -0.39 is 11.8 Å². The molecule has 0 atom stereocenters. The van der Waals surface area contributed by atoms with Crippen molar-refractivity contribution in [2.45, 2.75) is 0 Å². The third-order valence-corrected chi connectivity index (χ3v) is 3.11. The monoisotopic (exact) mass is 286 g/mol. The zero-order valence-electron chi connectivity index (χ0n) is 11.0. The molecule has 1 aromatic carbocycles. The average Bonchev–Trinajstić information content (AvgIpc) is 2.81. The molecule has 0 aliphatic heterocycles. The molecule has 0 fully saturated rings. The predicted molar refractivity (Wildman–Crippen MR) is 75.2 cm³/mol. The number of halogens is 1. The molecule has 3 aromatic rings. The van der Waals surface area contributed by atoms with Crippen LogP contribution in [0, 0.1) is 5.82 Å². The van der Waals surface area contributed by atoms with Gasteiger partial charge in [-0.05, 0) is 24.3 Å². The standard InChI is InChI=1S/C14H11FN4O2/c1-19-7-17-12-11(19)4-5-16-13(12)18-8-2-3-9(14(20)21)10(15)6-8/h2-7H,1H3,(H,16,18)(H,20,21). The van der Waals surface area contributed by atoms with Crippen molar-refractivity contribution in [3.63, 3.8) is 0 Å². The lowest BCUT2D eigenvalue weighted by Crippen LogP contribution is -2.02. The largest absolute Gasteiger partial charge is 0.478 e. The Balaban J connectivity index is 1.99. The highest BCUT2D eigenvalue weighted by Crippen LogP contribution is 2.23. The minimum absolute atomic E-state index is 0.371. The van der Waals surface area contributed by atoms with Crippen molar-refractivity contribution in [2.75, 3.05) is 5.32 Å². The molecule has 2 heterocycles. The summed E-state index contributed by atoms with van der Waals surface area (Å²) in [6.45, 7) is 0. The number of rotatable bonds is 3. The quantitative estimate of drug-likeness (QED) is 0.773. The molecule has 6 nitrogen and oxygen atoms in total. The summed E-state index contributed by atoms with van der Waals surface area (Å²) in [6.07, 6.45) is 3.28. The van der Waals surface area contributed by atoms with Crippen molar-refractivity contribution in [3.8, 4) is 0 Å². The van der Waals surface area contributed by atoms with Crippen LogP contribution >= 0.6 is 0 Å². The van der Waals surface area contributed by atoms with E-state index in [9.17, 15) is 9.18 Å². The SMILES string of the molecule is Cn1cnc2c(Nc3ccc(C(=O)O)c(F)c3)nccc21. The number of aromatic carboxylic acids is 1. The maximum Gasteiger partial charge on any atom is 0.338 e. The number of fused-ring (bicyclic) bond motifs is 1. The molecule has 3 rings (SSSR count). The summed E-state index contributed by atoms with van der Waals surface area (Å²) in [6, 6.07) is 5.63. The maximum absolute atomic E-state index is 13.7. The van der Waals surface area contributed by atoms with Crippen molar-refractivity contribution in [3.05, 3.63) is 48.2 Å². The fourth-order valence-corrected chi connectivity index (χ4v) is 2.06. The molecule has 0 aliphatic carbocycles. The van der Waals surface area contributed by atoms with Gasteiger partial charge < -0.3 is 15.0 Å². The van der Waals surface area contributed by atoms with Crippen LogP contribution in [0.4, 0.5) is 15.9 Å². The molecule has 2 aromatic heterocycles. The first-order valence-electron chi connectivity index (χ1n) is 6.12. The van der Waals surface area contributed by atoms with E-state index in [2.05, 4.69) is 15.3 Å². The predicted octanol–water partition coefficient (Wildman–Crippen LogP) is 2.55. The van der Waals surface area contributed by atoms with Gasteiger partial charge in [0.1, 0.15) is 11.3 Å². The molecule has 0 aliphatic rings. The second kappa shape index (κ2) is 4.86. The van der Waals surface area contributed by atoms with Crippen LogP contribution in [0.3, 0.4) is 0 Å². The van der Waals surface area contributed by atoms with Gasteiger partial charge in [0, 0.05) is 18.9 Å². The van der Waals surface area contributed by atoms with Gasteiger partial charge in [-0.15, -0.1) is 0 Å². The van der Waals surface area contributed by atoms with E-state index in [0.717, 1.165) is 11.6 Å². The summed E-state index contributed by atoms with van der Waals surface area (Å²) in [5.41, 5.74) is 1.57. The van der Waals surface area contributed by atoms with Gasteiger partial charge in [0.05, 0.1) is 17.4 Å². The van der Waals surface area contributed by atoms with Crippen LogP contribution in [-0.2, 0) is 7.05 Å². The van der Waals surface area contributed by atoms with Crippen molar-refractivity contribution in [1.82, 2.24) is 14.5 Å².